The molecule has 0 unspecified atom stereocenters. The molecule has 2 N–H and O–H groups in total. The van der Waals surface area contributed by atoms with Crippen LogP contribution in [-0.2, 0) is 18.5 Å². The molecule has 2 aromatic rings. The van der Waals surface area contributed by atoms with Gasteiger partial charge in [-0.3, -0.25) is 4.99 Å². The number of nitrogens with zero attached hydrogens (tertiary/aromatic N) is 4. The second kappa shape index (κ2) is 9.75. The molecule has 0 atom stereocenters. The van der Waals surface area contributed by atoms with E-state index in [1.807, 2.05) is 31.1 Å². The highest BCUT2D eigenvalue weighted by atomic mass is 127. The molecule has 2 rings (SSSR count). The van der Waals surface area contributed by atoms with Crippen LogP contribution < -0.4 is 15.5 Å². The summed E-state index contributed by atoms with van der Waals surface area (Å²) in [7, 11) is 5.70. The van der Waals surface area contributed by atoms with Crippen LogP contribution in [0.3, 0.4) is 0 Å². The first-order valence-electron chi connectivity index (χ1n) is 8.32. The Morgan fingerprint density at radius 3 is 2.46 bits per heavy atom. The zero-order valence-corrected chi connectivity index (χ0v) is 18.7. The topological polar surface area (TPSA) is 78.6 Å². The number of oxazole rings is 1. The maximum atomic E-state index is 5.78. The van der Waals surface area contributed by atoms with E-state index in [2.05, 4.69) is 46.4 Å². The minimum Gasteiger partial charge on any atom is -0.443 e. The second-order valence-electron chi connectivity index (χ2n) is 7.03. The number of pyridine rings is 1. The van der Waals surface area contributed by atoms with E-state index in [0.717, 1.165) is 17.1 Å². The maximum Gasteiger partial charge on any atom is 0.213 e. The molecule has 0 aliphatic rings. The van der Waals surface area contributed by atoms with Gasteiger partial charge in [0.05, 0.1) is 12.7 Å². The summed E-state index contributed by atoms with van der Waals surface area (Å²) in [6.45, 7) is 7.40. The summed E-state index contributed by atoms with van der Waals surface area (Å²) < 4.78 is 5.78. The summed E-state index contributed by atoms with van der Waals surface area (Å²) in [5.41, 5.74) is 1.05. The van der Waals surface area contributed by atoms with E-state index in [0.29, 0.717) is 24.9 Å². The molecule has 2 heterocycles. The summed E-state index contributed by atoms with van der Waals surface area (Å²) in [6, 6.07) is 3.98. The van der Waals surface area contributed by atoms with Gasteiger partial charge in [-0.15, -0.1) is 24.0 Å². The highest BCUT2D eigenvalue weighted by Gasteiger charge is 2.19. The van der Waals surface area contributed by atoms with Crippen molar-refractivity contribution in [1.29, 1.82) is 0 Å². The minimum atomic E-state index is -0.0476. The summed E-state index contributed by atoms with van der Waals surface area (Å²) in [5.74, 6) is 3.14. The molecule has 26 heavy (non-hydrogen) atoms. The highest BCUT2D eigenvalue weighted by molar-refractivity contribution is 14.0. The van der Waals surface area contributed by atoms with Gasteiger partial charge in [0.2, 0.25) is 5.89 Å². The number of hydrogen-bond donors (Lipinski definition) is 2. The molecule has 2 aromatic heterocycles. The third kappa shape index (κ3) is 6.15. The first kappa shape index (κ1) is 22.2. The van der Waals surface area contributed by atoms with Crippen LogP contribution in [0.2, 0.25) is 0 Å². The Labute approximate surface area is 172 Å². The average Bonchev–Trinajstić information content (AvgIpc) is 3.04. The van der Waals surface area contributed by atoms with Gasteiger partial charge in [-0.1, -0.05) is 26.8 Å². The molecule has 0 bridgehead atoms. The largest absolute Gasteiger partial charge is 0.443 e. The van der Waals surface area contributed by atoms with Gasteiger partial charge in [-0.25, -0.2) is 9.97 Å². The molecule has 0 aliphatic heterocycles. The molecule has 7 nitrogen and oxygen atoms in total. The summed E-state index contributed by atoms with van der Waals surface area (Å²) in [5, 5.41) is 6.51. The highest BCUT2D eigenvalue weighted by Crippen LogP contribution is 2.22. The van der Waals surface area contributed by atoms with Crippen LogP contribution in [0.4, 0.5) is 5.82 Å². The van der Waals surface area contributed by atoms with Gasteiger partial charge in [0, 0.05) is 44.9 Å². The van der Waals surface area contributed by atoms with Crippen LogP contribution in [-0.4, -0.2) is 37.1 Å². The van der Waals surface area contributed by atoms with Crippen molar-refractivity contribution in [3.8, 4) is 0 Å². The lowest BCUT2D eigenvalue weighted by molar-refractivity contribution is 0.379. The average molecular weight is 472 g/mol. The fourth-order valence-electron chi connectivity index (χ4n) is 2.27. The van der Waals surface area contributed by atoms with E-state index >= 15 is 0 Å². The van der Waals surface area contributed by atoms with Crippen LogP contribution >= 0.6 is 24.0 Å². The summed E-state index contributed by atoms with van der Waals surface area (Å²) in [4.78, 5) is 15.0. The SMILES string of the molecule is CN=C(NCc1ncc(C(C)(C)C)o1)NCc1cccnc1N(C)C.I. The third-order valence-electron chi connectivity index (χ3n) is 3.66. The van der Waals surface area contributed by atoms with Crippen molar-refractivity contribution in [3.63, 3.8) is 0 Å². The Hall–Kier alpha value is -1.84. The van der Waals surface area contributed by atoms with E-state index in [4.69, 9.17) is 4.42 Å². The van der Waals surface area contributed by atoms with E-state index in [1.165, 1.54) is 0 Å². The van der Waals surface area contributed by atoms with Gasteiger partial charge in [-0.05, 0) is 6.07 Å². The first-order valence-corrected chi connectivity index (χ1v) is 8.32. The van der Waals surface area contributed by atoms with Crippen LogP contribution in [0, 0.1) is 0 Å². The van der Waals surface area contributed by atoms with Crippen molar-refractivity contribution in [2.45, 2.75) is 39.3 Å². The number of halogens is 1. The summed E-state index contributed by atoms with van der Waals surface area (Å²) in [6.07, 6.45) is 3.58. The Morgan fingerprint density at radius 2 is 1.88 bits per heavy atom. The minimum absolute atomic E-state index is 0. The van der Waals surface area contributed by atoms with E-state index in [9.17, 15) is 0 Å². The van der Waals surface area contributed by atoms with Gasteiger partial charge in [0.25, 0.3) is 0 Å². The van der Waals surface area contributed by atoms with Crippen LogP contribution in [0.15, 0.2) is 33.9 Å². The zero-order valence-electron chi connectivity index (χ0n) is 16.3. The monoisotopic (exact) mass is 472 g/mol. The van der Waals surface area contributed by atoms with Crippen molar-refractivity contribution in [3.05, 3.63) is 41.7 Å². The van der Waals surface area contributed by atoms with E-state index in [-0.39, 0.29) is 29.4 Å². The van der Waals surface area contributed by atoms with Crippen LogP contribution in [0.25, 0.3) is 0 Å². The van der Waals surface area contributed by atoms with Crippen molar-refractivity contribution < 1.29 is 4.42 Å². The van der Waals surface area contributed by atoms with Gasteiger partial charge >= 0.3 is 0 Å². The number of anilines is 1. The Balaban J connectivity index is 0.00000338. The van der Waals surface area contributed by atoms with Crippen LogP contribution in [0.5, 0.6) is 0 Å². The predicted molar refractivity (Wildman–Crippen MR) is 116 cm³/mol. The molecule has 0 fully saturated rings. The molecule has 0 saturated heterocycles. The van der Waals surface area contributed by atoms with Crippen molar-refractivity contribution in [2.75, 3.05) is 26.0 Å². The molecule has 0 aromatic carbocycles. The summed E-state index contributed by atoms with van der Waals surface area (Å²) >= 11 is 0. The lowest BCUT2D eigenvalue weighted by Gasteiger charge is -2.17. The third-order valence-corrected chi connectivity index (χ3v) is 3.66. The van der Waals surface area contributed by atoms with Gasteiger partial charge in [-0.2, -0.15) is 0 Å². The predicted octanol–water partition coefficient (Wildman–Crippen LogP) is 2.92. The van der Waals surface area contributed by atoms with Gasteiger partial charge < -0.3 is 20.0 Å². The van der Waals surface area contributed by atoms with Crippen LogP contribution in [0.1, 0.15) is 38.0 Å². The molecule has 8 heteroatoms. The lowest BCUT2D eigenvalue weighted by atomic mass is 9.94. The van der Waals surface area contributed by atoms with Gasteiger partial charge in [0.15, 0.2) is 5.96 Å². The quantitative estimate of drug-likeness (QED) is 0.396. The number of hydrogen-bond acceptors (Lipinski definition) is 5. The van der Waals surface area contributed by atoms with E-state index < -0.39 is 0 Å². The second-order valence-corrected chi connectivity index (χ2v) is 7.03. The normalized spacial score (nSPS) is 11.7. The number of aromatic nitrogens is 2. The lowest BCUT2D eigenvalue weighted by Crippen LogP contribution is -2.36. The Kier molecular flexibility index (Phi) is 8.32. The fourth-order valence-corrected chi connectivity index (χ4v) is 2.27. The van der Waals surface area contributed by atoms with Crippen molar-refractivity contribution in [1.82, 2.24) is 20.6 Å². The molecule has 0 saturated carbocycles. The molecular weight excluding hydrogens is 443 g/mol. The number of nitrogens with one attached hydrogen (secondary N) is 2. The molecular formula is C18H29IN6O. The number of guanidine groups is 1. The van der Waals surface area contributed by atoms with Crippen molar-refractivity contribution in [2.24, 2.45) is 4.99 Å². The Morgan fingerprint density at radius 1 is 1.19 bits per heavy atom. The smallest absolute Gasteiger partial charge is 0.213 e. The molecule has 0 radical (unpaired) electrons. The molecule has 0 amide bonds. The number of aliphatic imine (C=N–C) groups is 1. The standard InChI is InChI=1S/C18H28N6O.HI/c1-18(2,3)14-11-21-15(25-14)12-23-17(19-4)22-10-13-8-7-9-20-16(13)24(5)6;/h7-9,11H,10,12H2,1-6H3,(H2,19,22,23);1H. The molecule has 0 spiro atoms. The van der Waals surface area contributed by atoms with E-state index in [1.54, 1.807) is 19.4 Å². The molecule has 144 valence electrons. The van der Waals surface area contributed by atoms with Gasteiger partial charge in [0.1, 0.15) is 11.6 Å². The molecule has 0 aliphatic carbocycles. The first-order chi connectivity index (χ1) is 11.8. The fraction of sp³-hybridized carbons (Fsp3) is 0.500. The number of rotatable bonds is 5. The maximum absolute atomic E-state index is 5.78. The zero-order chi connectivity index (χ0) is 18.4. The van der Waals surface area contributed by atoms with Crippen molar-refractivity contribution >= 4 is 35.8 Å². The Bertz CT molecular complexity index is 720.